The van der Waals surface area contributed by atoms with Gasteiger partial charge in [0.2, 0.25) is 0 Å². The molecule has 4 rings (SSSR count). The van der Waals surface area contributed by atoms with Crippen LogP contribution in [0.25, 0.3) is 0 Å². The number of phenols is 2. The van der Waals surface area contributed by atoms with E-state index in [0.29, 0.717) is 17.7 Å². The van der Waals surface area contributed by atoms with E-state index < -0.39 is 0 Å². The molecule has 0 saturated carbocycles. The van der Waals surface area contributed by atoms with Gasteiger partial charge in [0.25, 0.3) is 0 Å². The van der Waals surface area contributed by atoms with Crippen molar-refractivity contribution in [2.45, 2.75) is 25.4 Å². The predicted octanol–water partition coefficient (Wildman–Crippen LogP) is 5.33. The Hall–Kier alpha value is -3.01. The molecule has 0 aromatic heterocycles. The molecule has 0 amide bonds. The molecule has 0 saturated heterocycles. The van der Waals surface area contributed by atoms with E-state index in [1.807, 2.05) is 18.2 Å². The van der Waals surface area contributed by atoms with E-state index in [9.17, 15) is 14.6 Å². The first-order chi connectivity index (χ1) is 13.0. The highest BCUT2D eigenvalue weighted by Gasteiger charge is 2.37. The number of halogens is 1. The van der Waals surface area contributed by atoms with E-state index in [-0.39, 0.29) is 35.3 Å². The lowest BCUT2D eigenvalue weighted by atomic mass is 9.75. The molecule has 0 aliphatic carbocycles. The van der Waals surface area contributed by atoms with Crippen LogP contribution in [0.3, 0.4) is 0 Å². The first-order valence-corrected chi connectivity index (χ1v) is 9.05. The zero-order valence-corrected chi connectivity index (χ0v) is 15.0. The van der Waals surface area contributed by atoms with Gasteiger partial charge in [0.1, 0.15) is 29.2 Å². The van der Waals surface area contributed by atoms with E-state index in [1.54, 1.807) is 42.5 Å². The van der Waals surface area contributed by atoms with Crippen LogP contribution in [-0.2, 0) is 6.42 Å². The quantitative estimate of drug-likeness (QED) is 0.660. The van der Waals surface area contributed by atoms with Gasteiger partial charge in [-0.2, -0.15) is 0 Å². The minimum atomic E-state index is -0.223. The molecule has 138 valence electrons. The lowest BCUT2D eigenvalue weighted by Crippen LogP contribution is -2.29. The van der Waals surface area contributed by atoms with Crippen molar-refractivity contribution in [1.29, 1.82) is 0 Å². The minimum Gasteiger partial charge on any atom is -0.508 e. The second-order valence-corrected chi connectivity index (χ2v) is 7.11. The van der Waals surface area contributed by atoms with Crippen LogP contribution in [0.2, 0.25) is 0 Å². The summed E-state index contributed by atoms with van der Waals surface area (Å²) in [6, 6.07) is 18.9. The first kappa shape index (κ1) is 17.4. The second kappa shape index (κ2) is 6.95. The normalized spacial score (nSPS) is 21.3. The molecule has 2 N–H and O–H groups in total. The lowest BCUT2D eigenvalue weighted by molar-refractivity contribution is 0.101. The second-order valence-electron chi connectivity index (χ2n) is 7.11. The minimum absolute atomic E-state index is 0.0171. The van der Waals surface area contributed by atoms with Crippen LogP contribution >= 0.6 is 0 Å². The van der Waals surface area contributed by atoms with E-state index in [0.717, 1.165) is 11.1 Å². The maximum absolute atomic E-state index is 14.3. The van der Waals surface area contributed by atoms with Crippen molar-refractivity contribution in [3.8, 4) is 17.2 Å². The molecule has 3 atom stereocenters. The third-order valence-electron chi connectivity index (χ3n) is 5.38. The van der Waals surface area contributed by atoms with Gasteiger partial charge in [-0.05, 0) is 59.9 Å². The number of rotatable bonds is 3. The Balaban J connectivity index is 1.76. The highest BCUT2D eigenvalue weighted by Crippen LogP contribution is 2.48. The zero-order valence-electron chi connectivity index (χ0n) is 15.0. The number of phenolic OH excluding ortho intramolecular Hbond substituents is 2. The van der Waals surface area contributed by atoms with Gasteiger partial charge in [-0.3, -0.25) is 0 Å². The summed E-state index contributed by atoms with van der Waals surface area (Å²) in [5, 5.41) is 19.5. The fraction of sp³-hybridized carbons (Fsp3) is 0.217. The van der Waals surface area contributed by atoms with Gasteiger partial charge in [0, 0.05) is 11.5 Å². The smallest absolute Gasteiger partial charge is 0.127 e. The predicted molar refractivity (Wildman–Crippen MR) is 102 cm³/mol. The van der Waals surface area contributed by atoms with Crippen LogP contribution in [0.1, 0.15) is 35.6 Å². The van der Waals surface area contributed by atoms with Gasteiger partial charge in [-0.25, -0.2) is 4.39 Å². The van der Waals surface area contributed by atoms with Crippen LogP contribution < -0.4 is 4.74 Å². The number of ether oxygens (including phenoxy) is 1. The van der Waals surface area contributed by atoms with Crippen molar-refractivity contribution in [2.75, 3.05) is 0 Å². The maximum Gasteiger partial charge on any atom is 0.127 e. The average Bonchev–Trinajstić information content (AvgIpc) is 2.66. The summed E-state index contributed by atoms with van der Waals surface area (Å²) >= 11 is 0. The van der Waals surface area contributed by atoms with Crippen LogP contribution in [0, 0.1) is 11.7 Å². The molecule has 1 aliphatic heterocycles. The monoisotopic (exact) mass is 364 g/mol. The molecule has 3 nitrogen and oxygen atoms in total. The Labute approximate surface area is 157 Å². The molecular weight excluding hydrogens is 343 g/mol. The van der Waals surface area contributed by atoms with E-state index in [1.165, 1.54) is 6.07 Å². The molecule has 0 bridgehead atoms. The highest BCUT2D eigenvalue weighted by molar-refractivity contribution is 5.46. The topological polar surface area (TPSA) is 49.7 Å². The van der Waals surface area contributed by atoms with Crippen LogP contribution in [0.15, 0.2) is 66.7 Å². The van der Waals surface area contributed by atoms with E-state index >= 15 is 0 Å². The molecule has 27 heavy (non-hydrogen) atoms. The molecule has 3 aromatic carbocycles. The number of aromatic hydroxyl groups is 2. The molecule has 0 spiro atoms. The van der Waals surface area contributed by atoms with Gasteiger partial charge >= 0.3 is 0 Å². The molecule has 1 heterocycles. The summed E-state index contributed by atoms with van der Waals surface area (Å²) in [6.07, 6.45) is 0.293. The summed E-state index contributed by atoms with van der Waals surface area (Å²) in [7, 11) is 0. The molecule has 2 unspecified atom stereocenters. The summed E-state index contributed by atoms with van der Waals surface area (Å²) < 4.78 is 20.5. The van der Waals surface area contributed by atoms with Crippen molar-refractivity contribution in [2.24, 2.45) is 5.92 Å². The Morgan fingerprint density at radius 1 is 0.926 bits per heavy atom. The molecule has 0 radical (unpaired) electrons. The van der Waals surface area contributed by atoms with Gasteiger partial charge in [-0.1, -0.05) is 37.3 Å². The molecule has 4 heteroatoms. The molecule has 3 aromatic rings. The summed E-state index contributed by atoms with van der Waals surface area (Å²) in [5.41, 5.74) is 2.49. The lowest BCUT2D eigenvalue weighted by Gasteiger charge is -2.38. The Morgan fingerprint density at radius 3 is 2.37 bits per heavy atom. The largest absolute Gasteiger partial charge is 0.508 e. The number of benzene rings is 3. The third kappa shape index (κ3) is 3.35. The van der Waals surface area contributed by atoms with Crippen molar-refractivity contribution < 1.29 is 19.3 Å². The average molecular weight is 364 g/mol. The van der Waals surface area contributed by atoms with Crippen molar-refractivity contribution >= 4 is 0 Å². The van der Waals surface area contributed by atoms with E-state index in [4.69, 9.17) is 4.74 Å². The van der Waals surface area contributed by atoms with Crippen molar-refractivity contribution in [3.05, 3.63) is 89.2 Å². The maximum atomic E-state index is 14.3. The number of hydrogen-bond acceptors (Lipinski definition) is 3. The summed E-state index contributed by atoms with van der Waals surface area (Å²) in [4.78, 5) is 0. The standard InChI is InChI=1S/C23H21FO3/c1-14-19(12-16-4-2-3-5-21(16)24)20-13-18(26)10-11-22(20)27-23(14)15-6-8-17(25)9-7-15/h2-11,13-14,19,23,25-26H,12H2,1H3/t14-,19?,23?/m1/s1. The zero-order chi connectivity index (χ0) is 19.0. The van der Waals surface area contributed by atoms with Gasteiger partial charge in [0.15, 0.2) is 0 Å². The highest BCUT2D eigenvalue weighted by atomic mass is 19.1. The fourth-order valence-electron chi connectivity index (χ4n) is 3.90. The van der Waals surface area contributed by atoms with Gasteiger partial charge < -0.3 is 14.9 Å². The van der Waals surface area contributed by atoms with Crippen LogP contribution in [-0.4, -0.2) is 10.2 Å². The summed E-state index contributed by atoms with van der Waals surface area (Å²) in [6.45, 7) is 2.08. The van der Waals surface area contributed by atoms with Gasteiger partial charge in [0.05, 0.1) is 0 Å². The van der Waals surface area contributed by atoms with Crippen molar-refractivity contribution in [3.63, 3.8) is 0 Å². The van der Waals surface area contributed by atoms with Gasteiger partial charge in [-0.15, -0.1) is 0 Å². The Kier molecular flexibility index (Phi) is 4.48. The Morgan fingerprint density at radius 2 is 1.63 bits per heavy atom. The fourth-order valence-corrected chi connectivity index (χ4v) is 3.90. The molecule has 1 aliphatic rings. The summed E-state index contributed by atoms with van der Waals surface area (Å²) in [5.74, 6) is 0.881. The molecule has 0 fully saturated rings. The van der Waals surface area contributed by atoms with Crippen LogP contribution in [0.5, 0.6) is 17.2 Å². The van der Waals surface area contributed by atoms with E-state index in [2.05, 4.69) is 6.92 Å². The van der Waals surface area contributed by atoms with Crippen LogP contribution in [0.4, 0.5) is 4.39 Å². The molecular formula is C23H21FO3. The SMILES string of the molecule is C[C@@H]1C(Cc2ccccc2F)c2cc(O)ccc2OC1c1ccc(O)cc1. The Bertz CT molecular complexity index is 952. The first-order valence-electron chi connectivity index (χ1n) is 9.05. The number of fused-ring (bicyclic) bond motifs is 1. The number of hydrogen-bond donors (Lipinski definition) is 2. The van der Waals surface area contributed by atoms with Crippen molar-refractivity contribution in [1.82, 2.24) is 0 Å². The third-order valence-corrected chi connectivity index (χ3v) is 5.38.